The first-order valence-electron chi connectivity index (χ1n) is 12.4. The zero-order valence-electron chi connectivity index (χ0n) is 20.5. The van der Waals surface area contributed by atoms with Gasteiger partial charge >= 0.3 is 0 Å². The Morgan fingerprint density at radius 3 is 2.33 bits per heavy atom. The van der Waals surface area contributed by atoms with Gasteiger partial charge in [0.15, 0.2) is 17.7 Å². The number of phenolic OH excluding ortho intramolecular Hbond substituents is 1. The molecule has 1 amide bonds. The molecular formula is C30H23NO8. The summed E-state index contributed by atoms with van der Waals surface area (Å²) < 4.78 is 0. The van der Waals surface area contributed by atoms with Crippen molar-refractivity contribution >= 4 is 40.3 Å². The standard InChI is InChI=1S/C30H23NO8/c31-29(38)25-22(34)11-15-9-14-10-20-19(18-6-5-13(12-32)16-3-1-2-4-17(16)18)7-8-21(33)24(20)26(35)23(14)27(36)30(15,39)28(25)37/h1-8,12,14-15,33,35,37,39H,9-11H2,(H2,31,38). The van der Waals surface area contributed by atoms with E-state index in [4.69, 9.17) is 5.73 Å². The van der Waals surface area contributed by atoms with E-state index in [2.05, 4.69) is 0 Å². The van der Waals surface area contributed by atoms with Crippen LogP contribution in [0.5, 0.6) is 5.75 Å². The Bertz CT molecular complexity index is 1730. The summed E-state index contributed by atoms with van der Waals surface area (Å²) >= 11 is 0. The molecule has 0 bridgehead atoms. The number of ketones is 2. The highest BCUT2D eigenvalue weighted by atomic mass is 16.3. The third-order valence-corrected chi connectivity index (χ3v) is 8.32. The van der Waals surface area contributed by atoms with Gasteiger partial charge < -0.3 is 26.2 Å². The SMILES string of the molecule is NC(=O)C1=C(O)C2(O)C(=O)C3=C(O)c4c(O)ccc(-c5ccc(C=O)c6ccccc56)c4CC3CC2CC1=O. The largest absolute Gasteiger partial charge is 0.508 e. The summed E-state index contributed by atoms with van der Waals surface area (Å²) in [5.74, 6) is -6.70. The summed E-state index contributed by atoms with van der Waals surface area (Å²) in [6.07, 6.45) is 0.615. The lowest BCUT2D eigenvalue weighted by Crippen LogP contribution is -2.58. The number of aliphatic hydroxyl groups is 3. The van der Waals surface area contributed by atoms with Crippen molar-refractivity contribution < 1.29 is 39.6 Å². The van der Waals surface area contributed by atoms with Crippen LogP contribution in [-0.2, 0) is 20.8 Å². The van der Waals surface area contributed by atoms with Gasteiger partial charge in [-0.3, -0.25) is 19.2 Å². The first-order chi connectivity index (χ1) is 18.6. The zero-order valence-corrected chi connectivity index (χ0v) is 20.5. The van der Waals surface area contributed by atoms with Crippen molar-refractivity contribution in [3.05, 3.63) is 82.1 Å². The lowest BCUT2D eigenvalue weighted by molar-refractivity contribution is -0.147. The van der Waals surface area contributed by atoms with E-state index in [0.29, 0.717) is 16.7 Å². The molecule has 0 aromatic heterocycles. The number of Topliss-reactive ketones (excluding diaryl/α,β-unsaturated/α-hetero) is 2. The summed E-state index contributed by atoms with van der Waals surface area (Å²) in [6.45, 7) is 0. The molecule has 6 N–H and O–H groups in total. The number of nitrogens with two attached hydrogens (primary N) is 1. The minimum absolute atomic E-state index is 0.0168. The van der Waals surface area contributed by atoms with E-state index in [0.717, 1.165) is 22.6 Å². The Hall–Kier alpha value is -4.76. The van der Waals surface area contributed by atoms with Crippen molar-refractivity contribution in [1.29, 1.82) is 0 Å². The van der Waals surface area contributed by atoms with Crippen LogP contribution in [0.2, 0.25) is 0 Å². The van der Waals surface area contributed by atoms with E-state index in [9.17, 15) is 39.6 Å². The molecule has 3 unspecified atom stereocenters. The number of primary amides is 1. The minimum Gasteiger partial charge on any atom is -0.508 e. The fraction of sp³-hybridized carbons (Fsp3) is 0.200. The van der Waals surface area contributed by atoms with Crippen molar-refractivity contribution in [2.24, 2.45) is 17.6 Å². The van der Waals surface area contributed by atoms with Gasteiger partial charge in [0.1, 0.15) is 22.8 Å². The van der Waals surface area contributed by atoms with Crippen LogP contribution < -0.4 is 5.73 Å². The van der Waals surface area contributed by atoms with Crippen LogP contribution >= 0.6 is 0 Å². The third-order valence-electron chi connectivity index (χ3n) is 8.32. The van der Waals surface area contributed by atoms with Gasteiger partial charge in [-0.05, 0) is 52.3 Å². The highest BCUT2D eigenvalue weighted by molar-refractivity contribution is 6.22. The molecule has 1 fully saturated rings. The quantitative estimate of drug-likeness (QED) is 0.256. The van der Waals surface area contributed by atoms with E-state index >= 15 is 0 Å². The number of phenols is 1. The van der Waals surface area contributed by atoms with Gasteiger partial charge in [-0.25, -0.2) is 0 Å². The molecule has 3 aromatic rings. The van der Waals surface area contributed by atoms with E-state index in [1.807, 2.05) is 24.3 Å². The Kier molecular flexibility index (Phi) is 5.27. The van der Waals surface area contributed by atoms with Gasteiger partial charge in [-0.15, -0.1) is 0 Å². The number of carbonyl (C=O) groups is 4. The second-order valence-electron chi connectivity index (χ2n) is 10.3. The molecule has 0 radical (unpaired) electrons. The molecule has 39 heavy (non-hydrogen) atoms. The number of rotatable bonds is 3. The molecular weight excluding hydrogens is 502 g/mol. The van der Waals surface area contributed by atoms with Crippen LogP contribution in [-0.4, -0.2) is 49.8 Å². The molecule has 1 saturated carbocycles. The molecule has 6 rings (SSSR count). The van der Waals surface area contributed by atoms with Crippen molar-refractivity contribution in [3.63, 3.8) is 0 Å². The molecule has 196 valence electrons. The maximum atomic E-state index is 13.7. The fourth-order valence-corrected chi connectivity index (χ4v) is 6.53. The average Bonchev–Trinajstić information content (AvgIpc) is 2.90. The van der Waals surface area contributed by atoms with Crippen LogP contribution in [0, 0.1) is 11.8 Å². The highest BCUT2D eigenvalue weighted by Crippen LogP contribution is 2.53. The Morgan fingerprint density at radius 1 is 0.949 bits per heavy atom. The molecule has 0 aliphatic heterocycles. The maximum absolute atomic E-state index is 13.7. The molecule has 9 heteroatoms. The van der Waals surface area contributed by atoms with Crippen LogP contribution in [0.1, 0.15) is 34.3 Å². The van der Waals surface area contributed by atoms with Crippen molar-refractivity contribution in [3.8, 4) is 16.9 Å². The van der Waals surface area contributed by atoms with Crippen LogP contribution in [0.25, 0.3) is 27.7 Å². The van der Waals surface area contributed by atoms with Gasteiger partial charge in [-0.1, -0.05) is 42.5 Å². The number of hydrogen-bond donors (Lipinski definition) is 5. The molecule has 3 aliphatic carbocycles. The molecule has 3 aromatic carbocycles. The van der Waals surface area contributed by atoms with Gasteiger partial charge in [-0.2, -0.15) is 0 Å². The number of aldehydes is 1. The second kappa shape index (κ2) is 8.37. The van der Waals surface area contributed by atoms with Gasteiger partial charge in [0.25, 0.3) is 5.91 Å². The number of benzene rings is 3. The fourth-order valence-electron chi connectivity index (χ4n) is 6.53. The summed E-state index contributed by atoms with van der Waals surface area (Å²) in [5, 5.41) is 45.8. The maximum Gasteiger partial charge on any atom is 0.255 e. The van der Waals surface area contributed by atoms with E-state index < -0.39 is 52.0 Å². The lowest BCUT2D eigenvalue weighted by Gasteiger charge is -2.46. The zero-order chi connectivity index (χ0) is 27.8. The van der Waals surface area contributed by atoms with Crippen LogP contribution in [0.15, 0.2) is 65.4 Å². The van der Waals surface area contributed by atoms with E-state index in [1.54, 1.807) is 18.2 Å². The number of aliphatic hydroxyl groups excluding tert-OH is 2. The number of carbonyl (C=O) groups excluding carboxylic acids is 4. The minimum atomic E-state index is -2.61. The second-order valence-corrected chi connectivity index (χ2v) is 10.3. The number of hydrogen-bond acceptors (Lipinski definition) is 8. The van der Waals surface area contributed by atoms with E-state index in [-0.39, 0.29) is 36.1 Å². The van der Waals surface area contributed by atoms with Crippen LogP contribution in [0.4, 0.5) is 0 Å². The average molecular weight is 526 g/mol. The smallest absolute Gasteiger partial charge is 0.255 e. The van der Waals surface area contributed by atoms with Crippen molar-refractivity contribution in [2.75, 3.05) is 0 Å². The summed E-state index contributed by atoms with van der Waals surface area (Å²) in [4.78, 5) is 49.7. The van der Waals surface area contributed by atoms with Crippen molar-refractivity contribution in [1.82, 2.24) is 0 Å². The first-order valence-corrected chi connectivity index (χ1v) is 12.4. The van der Waals surface area contributed by atoms with Crippen molar-refractivity contribution in [2.45, 2.75) is 24.9 Å². The number of aromatic hydroxyl groups is 1. The summed E-state index contributed by atoms with van der Waals surface area (Å²) in [7, 11) is 0. The monoisotopic (exact) mass is 525 g/mol. The number of fused-ring (bicyclic) bond motifs is 4. The topological polar surface area (TPSA) is 175 Å². The van der Waals surface area contributed by atoms with E-state index in [1.165, 1.54) is 6.07 Å². The summed E-state index contributed by atoms with van der Waals surface area (Å²) in [6, 6.07) is 13.9. The van der Waals surface area contributed by atoms with Gasteiger partial charge in [0.2, 0.25) is 5.78 Å². The lowest BCUT2D eigenvalue weighted by atomic mass is 9.59. The third kappa shape index (κ3) is 3.23. The summed E-state index contributed by atoms with van der Waals surface area (Å²) in [5.41, 5.74) is 4.11. The van der Waals surface area contributed by atoms with Gasteiger partial charge in [0, 0.05) is 23.5 Å². The molecule has 0 heterocycles. The first kappa shape index (κ1) is 24.6. The molecule has 0 spiro atoms. The Balaban J connectivity index is 1.57. The molecule has 9 nitrogen and oxygen atoms in total. The van der Waals surface area contributed by atoms with Crippen LogP contribution in [0.3, 0.4) is 0 Å². The predicted octanol–water partition coefficient (Wildman–Crippen LogP) is 3.06. The number of amides is 1. The normalized spacial score (nSPS) is 24.3. The Morgan fingerprint density at radius 2 is 1.64 bits per heavy atom. The predicted molar refractivity (Wildman–Crippen MR) is 140 cm³/mol. The Labute approximate surface area is 221 Å². The molecule has 0 saturated heterocycles. The highest BCUT2D eigenvalue weighted by Gasteiger charge is 2.60. The molecule has 3 atom stereocenters. The van der Waals surface area contributed by atoms with Gasteiger partial charge in [0.05, 0.1) is 5.56 Å². The molecule has 3 aliphatic rings.